The smallest absolute Gasteiger partial charge is 0.0658 e. The molecule has 0 saturated carbocycles. The van der Waals surface area contributed by atoms with Crippen molar-refractivity contribution in [2.45, 2.75) is 39.8 Å². The SMILES string of the molecule is CCNCc1ccc(N(C)C(C)(C)CO)c(C)c1. The van der Waals surface area contributed by atoms with Crippen LogP contribution in [0.2, 0.25) is 0 Å². The van der Waals surface area contributed by atoms with Gasteiger partial charge in [0.25, 0.3) is 0 Å². The molecule has 102 valence electrons. The molecule has 1 aromatic rings. The highest BCUT2D eigenvalue weighted by molar-refractivity contribution is 5.55. The van der Waals surface area contributed by atoms with Crippen molar-refractivity contribution in [3.05, 3.63) is 29.3 Å². The van der Waals surface area contributed by atoms with Crippen molar-refractivity contribution in [1.29, 1.82) is 0 Å². The lowest BCUT2D eigenvalue weighted by molar-refractivity contribution is 0.216. The van der Waals surface area contributed by atoms with Crippen molar-refractivity contribution in [2.75, 3.05) is 25.1 Å². The maximum Gasteiger partial charge on any atom is 0.0658 e. The molecule has 0 spiro atoms. The van der Waals surface area contributed by atoms with Crippen molar-refractivity contribution >= 4 is 5.69 Å². The maximum atomic E-state index is 9.44. The first-order valence-corrected chi connectivity index (χ1v) is 6.57. The van der Waals surface area contributed by atoms with E-state index in [1.165, 1.54) is 16.8 Å². The van der Waals surface area contributed by atoms with Crippen LogP contribution < -0.4 is 10.2 Å². The molecule has 0 aliphatic carbocycles. The van der Waals surface area contributed by atoms with Gasteiger partial charge in [-0.25, -0.2) is 0 Å². The molecule has 0 atom stereocenters. The third kappa shape index (κ3) is 3.47. The summed E-state index contributed by atoms with van der Waals surface area (Å²) in [6.07, 6.45) is 0. The lowest BCUT2D eigenvalue weighted by Gasteiger charge is -2.37. The van der Waals surface area contributed by atoms with Gasteiger partial charge >= 0.3 is 0 Å². The average molecular weight is 250 g/mol. The van der Waals surface area contributed by atoms with Crippen LogP contribution >= 0.6 is 0 Å². The number of aryl methyl sites for hydroxylation is 1. The van der Waals surface area contributed by atoms with E-state index in [0.717, 1.165) is 13.1 Å². The lowest BCUT2D eigenvalue weighted by atomic mass is 10.0. The zero-order chi connectivity index (χ0) is 13.8. The van der Waals surface area contributed by atoms with E-state index >= 15 is 0 Å². The number of aliphatic hydroxyl groups is 1. The number of rotatable bonds is 6. The van der Waals surface area contributed by atoms with Crippen molar-refractivity contribution in [3.8, 4) is 0 Å². The predicted octanol–water partition coefficient (Wildman–Crippen LogP) is 2.31. The molecule has 1 rings (SSSR count). The van der Waals surface area contributed by atoms with Crippen LogP contribution in [0, 0.1) is 6.92 Å². The molecular formula is C15H26N2O. The van der Waals surface area contributed by atoms with Crippen LogP contribution in [0.4, 0.5) is 5.69 Å². The van der Waals surface area contributed by atoms with Gasteiger partial charge in [0.05, 0.1) is 12.1 Å². The zero-order valence-corrected chi connectivity index (χ0v) is 12.2. The van der Waals surface area contributed by atoms with E-state index < -0.39 is 0 Å². The Balaban J connectivity index is 2.91. The molecule has 0 aliphatic heterocycles. The van der Waals surface area contributed by atoms with Crippen molar-refractivity contribution in [2.24, 2.45) is 0 Å². The van der Waals surface area contributed by atoms with Gasteiger partial charge in [0, 0.05) is 19.3 Å². The van der Waals surface area contributed by atoms with E-state index in [0.29, 0.717) is 0 Å². The molecule has 0 unspecified atom stereocenters. The normalized spacial score (nSPS) is 11.7. The van der Waals surface area contributed by atoms with Gasteiger partial charge in [-0.15, -0.1) is 0 Å². The minimum Gasteiger partial charge on any atom is -0.394 e. The molecule has 0 saturated heterocycles. The monoisotopic (exact) mass is 250 g/mol. The van der Waals surface area contributed by atoms with Crippen LogP contribution in [0.25, 0.3) is 0 Å². The number of aliphatic hydroxyl groups excluding tert-OH is 1. The summed E-state index contributed by atoms with van der Waals surface area (Å²) in [5, 5.41) is 12.8. The first-order chi connectivity index (χ1) is 8.42. The fraction of sp³-hybridized carbons (Fsp3) is 0.600. The Morgan fingerprint density at radius 1 is 1.33 bits per heavy atom. The van der Waals surface area contributed by atoms with Gasteiger partial charge in [-0.1, -0.05) is 19.1 Å². The first kappa shape index (κ1) is 15.0. The number of benzene rings is 1. The van der Waals surface area contributed by atoms with E-state index in [2.05, 4.69) is 42.3 Å². The summed E-state index contributed by atoms with van der Waals surface area (Å²) in [6, 6.07) is 6.50. The van der Waals surface area contributed by atoms with Crippen LogP contribution in [0.5, 0.6) is 0 Å². The summed E-state index contributed by atoms with van der Waals surface area (Å²) >= 11 is 0. The predicted molar refractivity (Wildman–Crippen MR) is 78.1 cm³/mol. The van der Waals surface area contributed by atoms with Gasteiger partial charge < -0.3 is 15.3 Å². The second kappa shape index (κ2) is 6.21. The highest BCUT2D eigenvalue weighted by Crippen LogP contribution is 2.26. The molecule has 0 radical (unpaired) electrons. The molecule has 0 heterocycles. The summed E-state index contributed by atoms with van der Waals surface area (Å²) in [6.45, 7) is 10.3. The van der Waals surface area contributed by atoms with E-state index in [4.69, 9.17) is 0 Å². The quantitative estimate of drug-likeness (QED) is 0.813. The van der Waals surface area contributed by atoms with Crippen LogP contribution in [0.3, 0.4) is 0 Å². The van der Waals surface area contributed by atoms with Crippen molar-refractivity contribution < 1.29 is 5.11 Å². The lowest BCUT2D eigenvalue weighted by Crippen LogP contribution is -2.44. The summed E-state index contributed by atoms with van der Waals surface area (Å²) in [4.78, 5) is 2.14. The Labute approximate surface area is 111 Å². The molecule has 3 nitrogen and oxygen atoms in total. The number of nitrogens with one attached hydrogen (secondary N) is 1. The summed E-state index contributed by atoms with van der Waals surface area (Å²) in [5.74, 6) is 0. The maximum absolute atomic E-state index is 9.44. The van der Waals surface area contributed by atoms with Crippen molar-refractivity contribution in [1.82, 2.24) is 5.32 Å². The molecule has 0 aromatic heterocycles. The largest absolute Gasteiger partial charge is 0.394 e. The van der Waals surface area contributed by atoms with E-state index in [1.807, 2.05) is 20.9 Å². The second-order valence-corrected chi connectivity index (χ2v) is 5.43. The molecule has 1 aromatic carbocycles. The number of hydrogen-bond acceptors (Lipinski definition) is 3. The van der Waals surface area contributed by atoms with Crippen LogP contribution in [-0.2, 0) is 6.54 Å². The molecule has 18 heavy (non-hydrogen) atoms. The molecule has 3 heteroatoms. The Hall–Kier alpha value is -1.06. The second-order valence-electron chi connectivity index (χ2n) is 5.43. The van der Waals surface area contributed by atoms with Gasteiger partial charge in [0.15, 0.2) is 0 Å². The highest BCUT2D eigenvalue weighted by atomic mass is 16.3. The van der Waals surface area contributed by atoms with Crippen LogP contribution in [0.15, 0.2) is 18.2 Å². The summed E-state index contributed by atoms with van der Waals surface area (Å²) in [5.41, 5.74) is 3.48. The third-order valence-electron chi connectivity index (χ3n) is 3.50. The van der Waals surface area contributed by atoms with E-state index in [1.54, 1.807) is 0 Å². The van der Waals surface area contributed by atoms with E-state index in [9.17, 15) is 5.11 Å². The number of hydrogen-bond donors (Lipinski definition) is 2. The minimum absolute atomic E-state index is 0.141. The molecule has 0 aliphatic rings. The third-order valence-corrected chi connectivity index (χ3v) is 3.50. The van der Waals surface area contributed by atoms with Gasteiger partial charge in [-0.3, -0.25) is 0 Å². The average Bonchev–Trinajstić information content (AvgIpc) is 2.35. The highest BCUT2D eigenvalue weighted by Gasteiger charge is 2.23. The summed E-state index contributed by atoms with van der Waals surface area (Å²) in [7, 11) is 2.03. The number of nitrogens with zero attached hydrogens (tertiary/aromatic N) is 1. The minimum atomic E-state index is -0.242. The van der Waals surface area contributed by atoms with Crippen molar-refractivity contribution in [3.63, 3.8) is 0 Å². The first-order valence-electron chi connectivity index (χ1n) is 6.57. The molecule has 0 amide bonds. The van der Waals surface area contributed by atoms with Crippen LogP contribution in [0.1, 0.15) is 31.9 Å². The van der Waals surface area contributed by atoms with E-state index in [-0.39, 0.29) is 12.1 Å². The molecule has 2 N–H and O–H groups in total. The molecule has 0 fully saturated rings. The Morgan fingerprint density at radius 2 is 2.00 bits per heavy atom. The number of likely N-dealkylation sites (N-methyl/N-ethyl adjacent to an activating group) is 1. The van der Waals surface area contributed by atoms with Gasteiger partial charge in [0.2, 0.25) is 0 Å². The standard InChI is InChI=1S/C15H26N2O/c1-6-16-10-13-7-8-14(12(2)9-13)17(5)15(3,4)11-18/h7-9,16,18H,6,10-11H2,1-5H3. The van der Waals surface area contributed by atoms with Gasteiger partial charge in [0.1, 0.15) is 0 Å². The zero-order valence-electron chi connectivity index (χ0n) is 12.2. The van der Waals surface area contributed by atoms with Gasteiger partial charge in [-0.2, -0.15) is 0 Å². The van der Waals surface area contributed by atoms with Gasteiger partial charge in [-0.05, 0) is 44.5 Å². The fourth-order valence-electron chi connectivity index (χ4n) is 1.91. The van der Waals surface area contributed by atoms with Crippen LogP contribution in [-0.4, -0.2) is 30.8 Å². The fourth-order valence-corrected chi connectivity index (χ4v) is 1.91. The summed E-state index contributed by atoms with van der Waals surface area (Å²) < 4.78 is 0. The molecule has 0 bridgehead atoms. The number of anilines is 1. The Morgan fingerprint density at radius 3 is 2.50 bits per heavy atom. The molecular weight excluding hydrogens is 224 g/mol. The topological polar surface area (TPSA) is 35.5 Å². The Bertz CT molecular complexity index is 388. The Kier molecular flexibility index (Phi) is 5.17.